The number of nitrogens with zero attached hydrogens (tertiary/aromatic N) is 2. The molecule has 0 fully saturated rings. The lowest BCUT2D eigenvalue weighted by Crippen LogP contribution is -2.10. The number of hydrogen-bond donors (Lipinski definition) is 0. The molecule has 0 aliphatic rings. The van der Waals surface area contributed by atoms with Gasteiger partial charge in [-0.25, -0.2) is 4.98 Å². The van der Waals surface area contributed by atoms with Gasteiger partial charge in [-0.05, 0) is 85.9 Å². The Kier molecular flexibility index (Phi) is 5.50. The smallest absolute Gasteiger partial charge is 0.227 e. The van der Waals surface area contributed by atoms with Crippen molar-refractivity contribution in [1.82, 2.24) is 4.98 Å². The molecule has 0 spiro atoms. The molecular formula is C41H26N2O. The summed E-state index contributed by atoms with van der Waals surface area (Å²) in [5.74, 6) is 0. The van der Waals surface area contributed by atoms with Crippen molar-refractivity contribution < 1.29 is 4.42 Å². The van der Waals surface area contributed by atoms with Crippen molar-refractivity contribution in [2.24, 2.45) is 0 Å². The molecule has 0 saturated heterocycles. The first kappa shape index (κ1) is 24.6. The minimum atomic E-state index is 0.644. The van der Waals surface area contributed by atoms with Crippen LogP contribution in [0.25, 0.3) is 65.5 Å². The molecule has 0 bridgehead atoms. The minimum absolute atomic E-state index is 0.644. The van der Waals surface area contributed by atoms with E-state index in [1.54, 1.807) is 6.20 Å². The van der Waals surface area contributed by atoms with E-state index in [0.717, 1.165) is 33.4 Å². The molecule has 7 aromatic carbocycles. The largest absolute Gasteiger partial charge is 0.435 e. The van der Waals surface area contributed by atoms with Gasteiger partial charge in [0.1, 0.15) is 0 Å². The molecule has 0 saturated carbocycles. The number of pyridine rings is 1. The molecule has 44 heavy (non-hydrogen) atoms. The van der Waals surface area contributed by atoms with Crippen molar-refractivity contribution in [3.05, 3.63) is 158 Å². The molecule has 9 rings (SSSR count). The zero-order valence-electron chi connectivity index (χ0n) is 23.8. The van der Waals surface area contributed by atoms with Gasteiger partial charge in [-0.2, -0.15) is 0 Å². The maximum Gasteiger partial charge on any atom is 0.227 e. The van der Waals surface area contributed by atoms with Crippen molar-refractivity contribution >= 4 is 71.4 Å². The number of aromatic nitrogens is 1. The van der Waals surface area contributed by atoms with Crippen LogP contribution in [-0.4, -0.2) is 4.98 Å². The Balaban J connectivity index is 1.31. The van der Waals surface area contributed by atoms with Gasteiger partial charge in [-0.3, -0.25) is 0 Å². The van der Waals surface area contributed by atoms with Crippen LogP contribution in [0, 0.1) is 0 Å². The van der Waals surface area contributed by atoms with Gasteiger partial charge in [0, 0.05) is 28.3 Å². The monoisotopic (exact) mass is 562 g/mol. The topological polar surface area (TPSA) is 29.3 Å². The number of benzene rings is 7. The van der Waals surface area contributed by atoms with Crippen molar-refractivity contribution in [2.75, 3.05) is 4.90 Å². The maximum atomic E-state index is 6.46. The molecule has 0 aliphatic heterocycles. The van der Waals surface area contributed by atoms with Crippen molar-refractivity contribution in [2.45, 2.75) is 0 Å². The molecule has 3 nitrogen and oxygen atoms in total. The molecule has 0 N–H and O–H groups in total. The van der Waals surface area contributed by atoms with Crippen molar-refractivity contribution in [1.29, 1.82) is 0 Å². The quantitative estimate of drug-likeness (QED) is 0.200. The fourth-order valence-corrected chi connectivity index (χ4v) is 6.61. The van der Waals surface area contributed by atoms with E-state index in [0.29, 0.717) is 5.71 Å². The van der Waals surface area contributed by atoms with Crippen LogP contribution >= 0.6 is 0 Å². The molecule has 2 aromatic heterocycles. The molecular weight excluding hydrogens is 536 g/mol. The van der Waals surface area contributed by atoms with Crippen LogP contribution in [0.2, 0.25) is 0 Å². The summed E-state index contributed by atoms with van der Waals surface area (Å²) in [6.45, 7) is 0. The molecule has 0 aliphatic carbocycles. The van der Waals surface area contributed by atoms with Crippen LogP contribution in [0.3, 0.4) is 0 Å². The Bertz CT molecular complexity index is 2490. The van der Waals surface area contributed by atoms with Crippen LogP contribution in [0.4, 0.5) is 17.1 Å². The third-order valence-electron chi connectivity index (χ3n) is 8.70. The number of hydrogen-bond acceptors (Lipinski definition) is 3. The van der Waals surface area contributed by atoms with Gasteiger partial charge >= 0.3 is 0 Å². The van der Waals surface area contributed by atoms with E-state index in [9.17, 15) is 0 Å². The number of fused-ring (bicyclic) bond motifs is 8. The molecule has 0 atom stereocenters. The van der Waals surface area contributed by atoms with Crippen molar-refractivity contribution in [3.63, 3.8) is 0 Å². The first-order chi connectivity index (χ1) is 21.8. The van der Waals surface area contributed by atoms with Crippen LogP contribution in [0.1, 0.15) is 0 Å². The Labute approximate surface area is 254 Å². The average molecular weight is 563 g/mol. The van der Waals surface area contributed by atoms with E-state index in [1.165, 1.54) is 43.4 Å². The third-order valence-corrected chi connectivity index (χ3v) is 8.70. The molecule has 0 amide bonds. The third kappa shape index (κ3) is 3.87. The van der Waals surface area contributed by atoms with Crippen molar-refractivity contribution in [3.8, 4) is 11.1 Å². The Hall–Kier alpha value is -5.93. The summed E-state index contributed by atoms with van der Waals surface area (Å²) in [5, 5.41) is 9.51. The SMILES string of the molecule is c1ccc(-c2ccc(N(c3ccc4ccc5ccc6ccccc6c5c4c3)c3cccc4c3oc3ncccc34)cc2)cc1. The minimum Gasteiger partial charge on any atom is -0.435 e. The number of rotatable bonds is 4. The van der Waals surface area contributed by atoms with E-state index in [-0.39, 0.29) is 0 Å². The molecule has 9 aromatic rings. The van der Waals surface area contributed by atoms with Crippen LogP contribution in [0.5, 0.6) is 0 Å². The van der Waals surface area contributed by atoms with E-state index < -0.39 is 0 Å². The van der Waals surface area contributed by atoms with Gasteiger partial charge in [0.15, 0.2) is 5.58 Å². The van der Waals surface area contributed by atoms with Crippen LogP contribution in [0.15, 0.2) is 162 Å². The van der Waals surface area contributed by atoms with E-state index in [4.69, 9.17) is 4.42 Å². The lowest BCUT2D eigenvalue weighted by atomic mass is 9.96. The molecule has 206 valence electrons. The zero-order valence-corrected chi connectivity index (χ0v) is 23.8. The summed E-state index contributed by atoms with van der Waals surface area (Å²) >= 11 is 0. The Morgan fingerprint density at radius 1 is 0.455 bits per heavy atom. The van der Waals surface area contributed by atoms with Gasteiger partial charge in [-0.15, -0.1) is 0 Å². The summed E-state index contributed by atoms with van der Waals surface area (Å²) in [7, 11) is 0. The number of anilines is 3. The van der Waals surface area contributed by atoms with E-state index in [1.807, 2.05) is 6.07 Å². The Morgan fingerprint density at radius 2 is 1.11 bits per heavy atom. The normalized spacial score (nSPS) is 11.6. The summed E-state index contributed by atoms with van der Waals surface area (Å²) in [5.41, 5.74) is 6.91. The number of furan rings is 1. The summed E-state index contributed by atoms with van der Waals surface area (Å²) in [6.07, 6.45) is 1.78. The van der Waals surface area contributed by atoms with Gasteiger partial charge in [0.25, 0.3) is 0 Å². The number of para-hydroxylation sites is 1. The van der Waals surface area contributed by atoms with Gasteiger partial charge < -0.3 is 9.32 Å². The Morgan fingerprint density at radius 3 is 1.98 bits per heavy atom. The molecule has 3 heteroatoms. The highest BCUT2D eigenvalue weighted by Gasteiger charge is 2.20. The summed E-state index contributed by atoms with van der Waals surface area (Å²) < 4.78 is 6.46. The lowest BCUT2D eigenvalue weighted by Gasteiger charge is -2.26. The summed E-state index contributed by atoms with van der Waals surface area (Å²) in [6, 6.07) is 54.0. The molecule has 0 radical (unpaired) electrons. The second kappa shape index (κ2) is 9.82. The van der Waals surface area contributed by atoms with E-state index >= 15 is 0 Å². The predicted molar refractivity (Wildman–Crippen MR) is 184 cm³/mol. The van der Waals surface area contributed by atoms with Crippen LogP contribution in [-0.2, 0) is 0 Å². The van der Waals surface area contributed by atoms with Crippen LogP contribution < -0.4 is 4.90 Å². The zero-order chi connectivity index (χ0) is 29.0. The first-order valence-corrected chi connectivity index (χ1v) is 14.9. The van der Waals surface area contributed by atoms with Gasteiger partial charge in [0.2, 0.25) is 5.71 Å². The predicted octanol–water partition coefficient (Wildman–Crippen LogP) is 11.6. The highest BCUT2D eigenvalue weighted by atomic mass is 16.3. The maximum absolute atomic E-state index is 6.46. The first-order valence-electron chi connectivity index (χ1n) is 14.9. The van der Waals surface area contributed by atoms with E-state index in [2.05, 4.69) is 155 Å². The fourth-order valence-electron chi connectivity index (χ4n) is 6.61. The summed E-state index contributed by atoms with van der Waals surface area (Å²) in [4.78, 5) is 6.84. The second-order valence-electron chi connectivity index (χ2n) is 11.2. The highest BCUT2D eigenvalue weighted by molar-refractivity contribution is 6.21. The lowest BCUT2D eigenvalue weighted by molar-refractivity contribution is 0.654. The van der Waals surface area contributed by atoms with Gasteiger partial charge in [0.05, 0.1) is 5.69 Å². The van der Waals surface area contributed by atoms with Gasteiger partial charge in [-0.1, -0.05) is 109 Å². The molecule has 2 heterocycles. The average Bonchev–Trinajstić information content (AvgIpc) is 3.48. The molecule has 0 unspecified atom stereocenters. The highest BCUT2D eigenvalue weighted by Crippen LogP contribution is 2.43. The standard InChI is InChI=1S/C41H26N2O/c1-2-8-27(9-3-1)28-19-22-32(23-20-28)43(38-14-6-12-35-36-13-7-25-42-41(36)44-40(35)38)33-24-21-30-16-18-31-17-15-29-10-4-5-11-34(29)39(31)37(30)26-33/h1-26H. The second-order valence-corrected chi connectivity index (χ2v) is 11.2. The fraction of sp³-hybridized carbons (Fsp3) is 0.